The van der Waals surface area contributed by atoms with Crippen molar-refractivity contribution in [1.82, 2.24) is 4.98 Å². The van der Waals surface area contributed by atoms with Crippen molar-refractivity contribution in [3.05, 3.63) is 69.0 Å². The first-order valence-electron chi connectivity index (χ1n) is 8.06. The average molecular weight is 424 g/mol. The second kappa shape index (κ2) is 8.55. The first-order valence-corrected chi connectivity index (χ1v) is 9.88. The smallest absolute Gasteiger partial charge is 0.294 e. The van der Waals surface area contributed by atoms with Gasteiger partial charge in [-0.15, -0.1) is 0 Å². The van der Waals surface area contributed by atoms with Crippen LogP contribution in [-0.4, -0.2) is 28.8 Å². The summed E-state index contributed by atoms with van der Waals surface area (Å²) in [6, 6.07) is 10.8. The zero-order valence-corrected chi connectivity index (χ0v) is 16.6. The minimum Gasteiger partial charge on any atom is -0.507 e. The van der Waals surface area contributed by atoms with Gasteiger partial charge in [0.2, 0.25) is 0 Å². The van der Waals surface area contributed by atoms with Crippen LogP contribution in [-0.2, 0) is 21.3 Å². The van der Waals surface area contributed by atoms with Gasteiger partial charge >= 0.3 is 0 Å². The van der Waals surface area contributed by atoms with Crippen molar-refractivity contribution in [1.29, 1.82) is 0 Å². The summed E-state index contributed by atoms with van der Waals surface area (Å²) in [5, 5.41) is 10.9. The topological polar surface area (TPSA) is 125 Å². The standard InChI is InChI=1S/C12H10ClNO3.C7H8O3S/c1-6(15)4-9-11(16)8-5-7(13)2-3-10(8)14-12(9)17;1-6-2-4-7(5-3-6)11(8,9)10/h2-3,5H,4H2,1H3,(H2,14,16,17);2-5H,1H3,(H,8,9,10). The van der Waals surface area contributed by atoms with Crippen LogP contribution in [0.4, 0.5) is 0 Å². The summed E-state index contributed by atoms with van der Waals surface area (Å²) in [4.78, 5) is 25.2. The molecular weight excluding hydrogens is 406 g/mol. The van der Waals surface area contributed by atoms with E-state index in [9.17, 15) is 23.1 Å². The Hall–Kier alpha value is -2.68. The van der Waals surface area contributed by atoms with Crippen LogP contribution < -0.4 is 5.56 Å². The Kier molecular flexibility index (Phi) is 6.60. The number of carbonyl (C=O) groups is 1. The predicted molar refractivity (Wildman–Crippen MR) is 107 cm³/mol. The largest absolute Gasteiger partial charge is 0.507 e. The highest BCUT2D eigenvalue weighted by atomic mass is 35.5. The Morgan fingerprint density at radius 2 is 1.75 bits per heavy atom. The van der Waals surface area contributed by atoms with Crippen molar-refractivity contribution >= 4 is 38.4 Å². The second-order valence-electron chi connectivity index (χ2n) is 6.14. The Bertz CT molecular complexity index is 1180. The second-order valence-corrected chi connectivity index (χ2v) is 8.00. The maximum absolute atomic E-state index is 11.7. The van der Waals surface area contributed by atoms with Gasteiger partial charge in [0.05, 0.1) is 16.0 Å². The highest BCUT2D eigenvalue weighted by Gasteiger charge is 2.13. The van der Waals surface area contributed by atoms with Gasteiger partial charge in [-0.1, -0.05) is 29.3 Å². The van der Waals surface area contributed by atoms with E-state index in [0.717, 1.165) is 5.56 Å². The van der Waals surface area contributed by atoms with E-state index in [4.69, 9.17) is 16.2 Å². The summed E-state index contributed by atoms with van der Waals surface area (Å²) < 4.78 is 29.6. The summed E-state index contributed by atoms with van der Waals surface area (Å²) in [6.07, 6.45) is -0.0936. The number of hydrogen-bond acceptors (Lipinski definition) is 5. The number of benzene rings is 2. The molecule has 3 N–H and O–H groups in total. The SMILES string of the molecule is CC(=O)Cc1c(O)c2cc(Cl)ccc2[nH]c1=O.Cc1ccc(S(=O)(=O)O)cc1. The molecule has 0 amide bonds. The molecule has 3 rings (SSSR count). The molecule has 0 unspecified atom stereocenters. The Balaban J connectivity index is 0.000000221. The molecule has 1 aromatic heterocycles. The number of hydrogen-bond donors (Lipinski definition) is 3. The van der Waals surface area contributed by atoms with E-state index in [2.05, 4.69) is 4.98 Å². The van der Waals surface area contributed by atoms with Crippen LogP contribution in [0.15, 0.2) is 52.2 Å². The molecule has 1 heterocycles. The number of aromatic amines is 1. The van der Waals surface area contributed by atoms with Gasteiger partial charge in [0.1, 0.15) is 11.5 Å². The maximum atomic E-state index is 11.7. The number of aromatic hydroxyl groups is 1. The van der Waals surface area contributed by atoms with Crippen LogP contribution in [0.5, 0.6) is 5.75 Å². The van der Waals surface area contributed by atoms with Gasteiger partial charge in [0.25, 0.3) is 15.7 Å². The Morgan fingerprint density at radius 3 is 2.29 bits per heavy atom. The van der Waals surface area contributed by atoms with E-state index in [1.54, 1.807) is 30.3 Å². The highest BCUT2D eigenvalue weighted by Crippen LogP contribution is 2.27. The number of rotatable bonds is 3. The lowest BCUT2D eigenvalue weighted by atomic mass is 10.1. The molecular formula is C19H18ClNO6S. The molecule has 0 aliphatic carbocycles. The molecule has 0 atom stereocenters. The third-order valence-corrected chi connectivity index (χ3v) is 4.89. The molecule has 7 nitrogen and oxygen atoms in total. The predicted octanol–water partition coefficient (Wildman–Crippen LogP) is 3.26. The first kappa shape index (κ1) is 21.6. The van der Waals surface area contributed by atoms with E-state index >= 15 is 0 Å². The zero-order chi connectivity index (χ0) is 21.1. The number of carbonyl (C=O) groups excluding carboxylic acids is 1. The molecule has 0 spiro atoms. The molecule has 3 aromatic rings. The molecule has 0 saturated heterocycles. The number of fused-ring (bicyclic) bond motifs is 1. The minimum atomic E-state index is -4.02. The molecule has 0 aliphatic rings. The van der Waals surface area contributed by atoms with Crippen LogP contribution in [0.25, 0.3) is 10.9 Å². The van der Waals surface area contributed by atoms with Gasteiger partial charge in [0, 0.05) is 16.8 Å². The lowest BCUT2D eigenvalue weighted by molar-refractivity contribution is -0.116. The van der Waals surface area contributed by atoms with Gasteiger partial charge in [-0.2, -0.15) is 8.42 Å². The van der Waals surface area contributed by atoms with Gasteiger partial charge in [-0.25, -0.2) is 0 Å². The summed E-state index contributed by atoms with van der Waals surface area (Å²) >= 11 is 5.82. The van der Waals surface area contributed by atoms with Crippen LogP contribution in [0.1, 0.15) is 18.1 Å². The number of aromatic nitrogens is 1. The van der Waals surface area contributed by atoms with Crippen LogP contribution in [0.2, 0.25) is 5.02 Å². The van der Waals surface area contributed by atoms with Crippen molar-refractivity contribution in [2.75, 3.05) is 0 Å². The van der Waals surface area contributed by atoms with Crippen molar-refractivity contribution in [2.45, 2.75) is 25.2 Å². The van der Waals surface area contributed by atoms with E-state index in [-0.39, 0.29) is 28.4 Å². The van der Waals surface area contributed by atoms with E-state index < -0.39 is 15.7 Å². The third-order valence-electron chi connectivity index (χ3n) is 3.79. The summed E-state index contributed by atoms with van der Waals surface area (Å²) in [5.74, 6) is -0.367. The molecule has 0 fully saturated rings. The van der Waals surface area contributed by atoms with Crippen LogP contribution >= 0.6 is 11.6 Å². The molecule has 9 heteroatoms. The van der Waals surface area contributed by atoms with Crippen molar-refractivity contribution in [2.24, 2.45) is 0 Å². The number of ketones is 1. The Morgan fingerprint density at radius 1 is 1.14 bits per heavy atom. The molecule has 2 aromatic carbocycles. The minimum absolute atomic E-state index is 0.0666. The van der Waals surface area contributed by atoms with Crippen molar-refractivity contribution in [3.8, 4) is 5.75 Å². The number of nitrogens with one attached hydrogen (secondary N) is 1. The fraction of sp³-hybridized carbons (Fsp3) is 0.158. The molecule has 0 bridgehead atoms. The molecule has 0 aliphatic heterocycles. The fourth-order valence-electron chi connectivity index (χ4n) is 2.41. The number of pyridine rings is 1. The lowest BCUT2D eigenvalue weighted by Gasteiger charge is -2.06. The average Bonchev–Trinajstić information content (AvgIpc) is 2.59. The highest BCUT2D eigenvalue weighted by molar-refractivity contribution is 7.85. The van der Waals surface area contributed by atoms with Crippen molar-refractivity contribution in [3.63, 3.8) is 0 Å². The molecule has 148 valence electrons. The third kappa shape index (κ3) is 5.41. The first-order chi connectivity index (χ1) is 13.0. The quantitative estimate of drug-likeness (QED) is 0.555. The molecule has 0 saturated carbocycles. The van der Waals surface area contributed by atoms with Gasteiger partial charge in [-0.3, -0.25) is 14.1 Å². The van der Waals surface area contributed by atoms with E-state index in [0.29, 0.717) is 15.9 Å². The van der Waals surface area contributed by atoms with Gasteiger partial charge in [-0.05, 0) is 44.2 Å². The van der Waals surface area contributed by atoms with Gasteiger partial charge < -0.3 is 10.1 Å². The zero-order valence-electron chi connectivity index (χ0n) is 15.1. The maximum Gasteiger partial charge on any atom is 0.294 e. The van der Waals surface area contributed by atoms with Crippen LogP contribution in [0.3, 0.4) is 0 Å². The number of H-pyrrole nitrogens is 1. The van der Waals surface area contributed by atoms with E-state index in [1.165, 1.54) is 19.1 Å². The number of halogens is 1. The van der Waals surface area contributed by atoms with Crippen LogP contribution in [0, 0.1) is 6.92 Å². The lowest BCUT2D eigenvalue weighted by Crippen LogP contribution is -2.15. The van der Waals surface area contributed by atoms with E-state index in [1.807, 2.05) is 6.92 Å². The van der Waals surface area contributed by atoms with Crippen molar-refractivity contribution < 1.29 is 22.9 Å². The molecule has 28 heavy (non-hydrogen) atoms. The van der Waals surface area contributed by atoms with Gasteiger partial charge in [0.15, 0.2) is 0 Å². The number of aryl methyl sites for hydroxylation is 1. The summed E-state index contributed by atoms with van der Waals surface area (Å²) in [6.45, 7) is 3.20. The normalized spacial score (nSPS) is 11.0. The summed E-state index contributed by atoms with van der Waals surface area (Å²) in [7, 11) is -4.02. The monoisotopic (exact) mass is 423 g/mol. The molecule has 0 radical (unpaired) electrons. The summed E-state index contributed by atoms with van der Waals surface area (Å²) in [5.41, 5.74) is 1.07. The fourth-order valence-corrected chi connectivity index (χ4v) is 3.06. The Labute approximate surface area is 166 Å². The number of Topliss-reactive ketones (excluding diaryl/α,β-unsaturated/α-hetero) is 1.